The summed E-state index contributed by atoms with van der Waals surface area (Å²) in [4.78, 5) is 29.8. The van der Waals surface area contributed by atoms with E-state index >= 15 is 0 Å². The van der Waals surface area contributed by atoms with Crippen molar-refractivity contribution >= 4 is 11.8 Å². The van der Waals surface area contributed by atoms with E-state index in [1.165, 1.54) is 6.26 Å². The molecular formula is C20H34N4O3. The van der Waals surface area contributed by atoms with Gasteiger partial charge < -0.3 is 20.0 Å². The third kappa shape index (κ3) is 6.07. The second-order valence-corrected chi connectivity index (χ2v) is 8.07. The number of amides is 2. The van der Waals surface area contributed by atoms with Crippen molar-refractivity contribution in [2.75, 3.05) is 39.8 Å². The molecule has 0 aliphatic carbocycles. The van der Waals surface area contributed by atoms with E-state index in [4.69, 9.17) is 4.42 Å². The lowest BCUT2D eigenvalue weighted by Gasteiger charge is -2.40. The molecule has 2 unspecified atom stereocenters. The second-order valence-electron chi connectivity index (χ2n) is 8.07. The Kier molecular flexibility index (Phi) is 7.86. The minimum atomic E-state index is -0.595. The minimum absolute atomic E-state index is 0.0231. The smallest absolute Gasteiger partial charge is 0.287 e. The predicted octanol–water partition coefficient (Wildman–Crippen LogP) is 1.42. The summed E-state index contributed by atoms with van der Waals surface area (Å²) >= 11 is 0. The van der Waals surface area contributed by atoms with Gasteiger partial charge in [0.25, 0.3) is 5.91 Å². The largest absolute Gasteiger partial charge is 0.459 e. The molecule has 2 N–H and O–H groups in total. The molecule has 152 valence electrons. The van der Waals surface area contributed by atoms with Crippen LogP contribution in [-0.4, -0.2) is 73.5 Å². The highest BCUT2D eigenvalue weighted by Crippen LogP contribution is 2.13. The second kappa shape index (κ2) is 9.90. The van der Waals surface area contributed by atoms with Crippen LogP contribution >= 0.6 is 0 Å². The average molecular weight is 379 g/mol. The predicted molar refractivity (Wildman–Crippen MR) is 106 cm³/mol. The van der Waals surface area contributed by atoms with Gasteiger partial charge in [0.15, 0.2) is 5.76 Å². The average Bonchev–Trinajstić information content (AvgIpc) is 3.15. The first kappa shape index (κ1) is 21.4. The number of nitrogens with zero attached hydrogens (tertiary/aromatic N) is 2. The van der Waals surface area contributed by atoms with Crippen molar-refractivity contribution in [1.29, 1.82) is 0 Å². The molecule has 0 bridgehead atoms. The van der Waals surface area contributed by atoms with Gasteiger partial charge in [-0.25, -0.2) is 0 Å². The normalized spacial score (nSPS) is 18.5. The lowest BCUT2D eigenvalue weighted by atomic mass is 10.00. The molecule has 0 radical (unpaired) electrons. The van der Waals surface area contributed by atoms with Crippen molar-refractivity contribution in [1.82, 2.24) is 20.4 Å². The summed E-state index contributed by atoms with van der Waals surface area (Å²) in [5.74, 6) is 0.109. The Labute approximate surface area is 162 Å². The van der Waals surface area contributed by atoms with Crippen LogP contribution in [0, 0.1) is 11.8 Å². The molecule has 0 spiro atoms. The van der Waals surface area contributed by atoms with Crippen molar-refractivity contribution in [3.63, 3.8) is 0 Å². The van der Waals surface area contributed by atoms with Gasteiger partial charge in [0.2, 0.25) is 5.91 Å². The molecule has 27 heavy (non-hydrogen) atoms. The van der Waals surface area contributed by atoms with Gasteiger partial charge in [0.1, 0.15) is 6.04 Å². The SMILES string of the molecule is CC(C)C(NC(=O)c1ccco1)C(=O)NCC(C(C)C)N1CCN(C)CC1. The molecule has 1 saturated heterocycles. The van der Waals surface area contributed by atoms with E-state index in [0.717, 1.165) is 26.2 Å². The summed E-state index contributed by atoms with van der Waals surface area (Å²) in [7, 11) is 2.14. The highest BCUT2D eigenvalue weighted by Gasteiger charge is 2.29. The van der Waals surface area contributed by atoms with Crippen LogP contribution in [-0.2, 0) is 4.79 Å². The fourth-order valence-corrected chi connectivity index (χ4v) is 3.41. The molecule has 2 heterocycles. The van der Waals surface area contributed by atoms with Crippen molar-refractivity contribution in [3.05, 3.63) is 24.2 Å². The zero-order chi connectivity index (χ0) is 20.0. The van der Waals surface area contributed by atoms with Crippen LogP contribution in [0.2, 0.25) is 0 Å². The minimum Gasteiger partial charge on any atom is -0.459 e. The standard InChI is InChI=1S/C20H34N4O3/c1-14(2)16(24-10-8-23(5)9-11-24)13-21-20(26)18(15(3)4)22-19(25)17-7-6-12-27-17/h6-7,12,14-16,18H,8-11,13H2,1-5H3,(H,21,26)(H,22,25). The van der Waals surface area contributed by atoms with E-state index in [1.807, 2.05) is 13.8 Å². The Morgan fingerprint density at radius 3 is 2.30 bits per heavy atom. The van der Waals surface area contributed by atoms with Gasteiger partial charge in [-0.1, -0.05) is 27.7 Å². The number of piperazine rings is 1. The molecule has 0 saturated carbocycles. The number of carbonyl (C=O) groups is 2. The summed E-state index contributed by atoms with van der Waals surface area (Å²) in [5.41, 5.74) is 0. The molecule has 1 aliphatic rings. The van der Waals surface area contributed by atoms with Gasteiger partial charge in [-0.15, -0.1) is 0 Å². The number of rotatable bonds is 8. The Morgan fingerprint density at radius 2 is 1.78 bits per heavy atom. The lowest BCUT2D eigenvalue weighted by Crippen LogP contribution is -2.56. The van der Waals surface area contributed by atoms with Gasteiger partial charge in [0.05, 0.1) is 6.26 Å². The van der Waals surface area contributed by atoms with E-state index in [-0.39, 0.29) is 29.5 Å². The number of carbonyl (C=O) groups excluding carboxylic acids is 2. The van der Waals surface area contributed by atoms with Gasteiger partial charge in [-0.05, 0) is 31.0 Å². The van der Waals surface area contributed by atoms with Gasteiger partial charge in [-0.3, -0.25) is 14.5 Å². The third-order valence-electron chi connectivity index (χ3n) is 5.24. The quantitative estimate of drug-likeness (QED) is 0.715. The topological polar surface area (TPSA) is 77.8 Å². The Morgan fingerprint density at radius 1 is 1.11 bits per heavy atom. The number of furan rings is 1. The number of nitrogens with one attached hydrogen (secondary N) is 2. The van der Waals surface area contributed by atoms with Crippen molar-refractivity contribution < 1.29 is 14.0 Å². The first-order valence-electron chi connectivity index (χ1n) is 9.84. The monoisotopic (exact) mass is 378 g/mol. The van der Waals surface area contributed by atoms with Crippen LogP contribution in [0.4, 0.5) is 0 Å². The van der Waals surface area contributed by atoms with E-state index in [0.29, 0.717) is 12.5 Å². The molecule has 0 aromatic carbocycles. The maximum Gasteiger partial charge on any atom is 0.287 e. The third-order valence-corrected chi connectivity index (χ3v) is 5.24. The maximum absolute atomic E-state index is 12.8. The maximum atomic E-state index is 12.8. The van der Waals surface area contributed by atoms with Gasteiger partial charge >= 0.3 is 0 Å². The number of hydrogen-bond donors (Lipinski definition) is 2. The number of likely N-dealkylation sites (N-methyl/N-ethyl adjacent to an activating group) is 1. The van der Waals surface area contributed by atoms with Crippen LogP contribution in [0.25, 0.3) is 0 Å². The van der Waals surface area contributed by atoms with Crippen LogP contribution in [0.15, 0.2) is 22.8 Å². The summed E-state index contributed by atoms with van der Waals surface area (Å²) in [5, 5.41) is 5.86. The molecule has 2 rings (SSSR count). The summed E-state index contributed by atoms with van der Waals surface area (Å²) in [6.45, 7) is 12.9. The highest BCUT2D eigenvalue weighted by molar-refractivity contribution is 5.95. The van der Waals surface area contributed by atoms with Crippen LogP contribution < -0.4 is 10.6 Å². The van der Waals surface area contributed by atoms with Gasteiger partial charge in [0, 0.05) is 38.8 Å². The molecular weight excluding hydrogens is 344 g/mol. The molecule has 7 heteroatoms. The summed E-state index contributed by atoms with van der Waals surface area (Å²) in [6.07, 6.45) is 1.45. The zero-order valence-electron chi connectivity index (χ0n) is 17.2. The first-order chi connectivity index (χ1) is 12.8. The molecule has 2 atom stereocenters. The molecule has 1 aromatic rings. The molecule has 1 aromatic heterocycles. The van der Waals surface area contributed by atoms with Crippen molar-refractivity contribution in [3.8, 4) is 0 Å². The lowest BCUT2D eigenvalue weighted by molar-refractivity contribution is -0.124. The Bertz CT molecular complexity index is 592. The van der Waals surface area contributed by atoms with Crippen LogP contribution in [0.1, 0.15) is 38.2 Å². The van der Waals surface area contributed by atoms with Crippen LogP contribution in [0.3, 0.4) is 0 Å². The fourth-order valence-electron chi connectivity index (χ4n) is 3.41. The zero-order valence-corrected chi connectivity index (χ0v) is 17.2. The molecule has 1 aliphatic heterocycles. The Hall–Kier alpha value is -1.86. The first-order valence-corrected chi connectivity index (χ1v) is 9.84. The van der Waals surface area contributed by atoms with Crippen molar-refractivity contribution in [2.45, 2.75) is 39.8 Å². The van der Waals surface area contributed by atoms with Gasteiger partial charge in [-0.2, -0.15) is 0 Å². The summed E-state index contributed by atoms with van der Waals surface area (Å²) < 4.78 is 5.12. The Balaban J connectivity index is 1.94. The van der Waals surface area contributed by atoms with Crippen molar-refractivity contribution in [2.24, 2.45) is 11.8 Å². The highest BCUT2D eigenvalue weighted by atomic mass is 16.3. The van der Waals surface area contributed by atoms with E-state index < -0.39 is 6.04 Å². The van der Waals surface area contributed by atoms with E-state index in [2.05, 4.69) is 41.3 Å². The fraction of sp³-hybridized carbons (Fsp3) is 0.700. The molecule has 1 fully saturated rings. The molecule has 7 nitrogen and oxygen atoms in total. The molecule has 2 amide bonds. The summed E-state index contributed by atoms with van der Waals surface area (Å²) in [6, 6.07) is 2.94. The van der Waals surface area contributed by atoms with E-state index in [1.54, 1.807) is 12.1 Å². The number of hydrogen-bond acceptors (Lipinski definition) is 5. The van der Waals surface area contributed by atoms with E-state index in [9.17, 15) is 9.59 Å². The van der Waals surface area contributed by atoms with Crippen LogP contribution in [0.5, 0.6) is 0 Å².